The highest BCUT2D eigenvalue weighted by Crippen LogP contribution is 2.00. The van der Waals surface area contributed by atoms with Crippen molar-refractivity contribution in [3.8, 4) is 0 Å². The van der Waals surface area contributed by atoms with Crippen molar-refractivity contribution in [3.05, 3.63) is 29.3 Å². The van der Waals surface area contributed by atoms with E-state index in [1.165, 1.54) is 0 Å². The standard InChI is InChI=1S/C8H7BO/c1-6-2-3-8(9)4-7(6)5-10/h2-5H,1H3. The fourth-order valence-corrected chi connectivity index (χ4v) is 0.786. The molecule has 1 aromatic carbocycles. The van der Waals surface area contributed by atoms with Gasteiger partial charge in [-0.05, 0) is 12.5 Å². The fraction of sp³-hybridized carbons (Fsp3) is 0.125. The lowest BCUT2D eigenvalue weighted by atomic mass is 9.93. The highest BCUT2D eigenvalue weighted by atomic mass is 16.1. The fourth-order valence-electron chi connectivity index (χ4n) is 0.786. The summed E-state index contributed by atoms with van der Waals surface area (Å²) in [5.41, 5.74) is 2.26. The molecule has 0 bridgehead atoms. The Kier molecular flexibility index (Phi) is 1.90. The van der Waals surface area contributed by atoms with Crippen molar-refractivity contribution < 1.29 is 4.79 Å². The average molecular weight is 130 g/mol. The van der Waals surface area contributed by atoms with Crippen LogP contribution in [0, 0.1) is 6.92 Å². The van der Waals surface area contributed by atoms with Crippen molar-refractivity contribution in [1.29, 1.82) is 0 Å². The van der Waals surface area contributed by atoms with E-state index in [0.29, 0.717) is 11.0 Å². The van der Waals surface area contributed by atoms with E-state index in [1.807, 2.05) is 13.0 Å². The molecule has 0 aliphatic heterocycles. The molecule has 0 fully saturated rings. The van der Waals surface area contributed by atoms with Gasteiger partial charge in [0.2, 0.25) is 0 Å². The quantitative estimate of drug-likeness (QED) is 0.401. The van der Waals surface area contributed by atoms with Gasteiger partial charge in [0.15, 0.2) is 0 Å². The minimum atomic E-state index is 0.632. The molecule has 0 unspecified atom stereocenters. The van der Waals surface area contributed by atoms with Crippen molar-refractivity contribution in [3.63, 3.8) is 0 Å². The molecule has 0 aliphatic carbocycles. The van der Waals surface area contributed by atoms with Crippen LogP contribution in [0.15, 0.2) is 18.2 Å². The highest BCUT2D eigenvalue weighted by Gasteiger charge is 1.93. The summed E-state index contributed by atoms with van der Waals surface area (Å²) in [6, 6.07) is 5.28. The molecule has 2 radical (unpaired) electrons. The molecule has 0 N–H and O–H groups in total. The van der Waals surface area contributed by atoms with Gasteiger partial charge >= 0.3 is 0 Å². The van der Waals surface area contributed by atoms with Crippen LogP contribution >= 0.6 is 0 Å². The molecule has 1 nitrogen and oxygen atoms in total. The van der Waals surface area contributed by atoms with Crippen LogP contribution in [0.5, 0.6) is 0 Å². The molecule has 1 rings (SSSR count). The normalized spacial score (nSPS) is 9.30. The van der Waals surface area contributed by atoms with Crippen molar-refractivity contribution in [2.45, 2.75) is 6.92 Å². The summed E-state index contributed by atoms with van der Waals surface area (Å²) in [4.78, 5) is 10.3. The lowest BCUT2D eigenvalue weighted by molar-refractivity contribution is 0.112. The Bertz CT molecular complexity index is 255. The Hall–Kier alpha value is -1.05. The lowest BCUT2D eigenvalue weighted by Gasteiger charge is -1.97. The molecule has 48 valence electrons. The third-order valence-electron chi connectivity index (χ3n) is 1.43. The lowest BCUT2D eigenvalue weighted by Crippen LogP contribution is -2.03. The number of aryl methyl sites for hydroxylation is 1. The number of benzene rings is 1. The number of rotatable bonds is 1. The number of carbonyl (C=O) groups is 1. The number of carbonyl (C=O) groups excluding carboxylic acids is 1. The maximum atomic E-state index is 10.3. The molecule has 0 atom stereocenters. The van der Waals surface area contributed by atoms with Gasteiger partial charge in [0.1, 0.15) is 14.1 Å². The molecule has 0 saturated carbocycles. The summed E-state index contributed by atoms with van der Waals surface area (Å²) < 4.78 is 0. The zero-order chi connectivity index (χ0) is 7.56. The van der Waals surface area contributed by atoms with E-state index in [2.05, 4.69) is 0 Å². The highest BCUT2D eigenvalue weighted by molar-refractivity contribution is 6.32. The molecule has 0 aromatic heterocycles. The maximum Gasteiger partial charge on any atom is 0.150 e. The molecule has 0 spiro atoms. The van der Waals surface area contributed by atoms with E-state index in [0.717, 1.165) is 11.8 Å². The third kappa shape index (κ3) is 1.27. The zero-order valence-electron chi connectivity index (χ0n) is 5.79. The smallest absolute Gasteiger partial charge is 0.150 e. The van der Waals surface area contributed by atoms with Crippen LogP contribution in [0.25, 0.3) is 0 Å². The van der Waals surface area contributed by atoms with Crippen molar-refractivity contribution in [2.75, 3.05) is 0 Å². The summed E-state index contributed by atoms with van der Waals surface area (Å²) in [6.07, 6.45) is 0.811. The van der Waals surface area contributed by atoms with Gasteiger partial charge in [-0.15, -0.1) is 0 Å². The van der Waals surface area contributed by atoms with Gasteiger partial charge in [0, 0.05) is 5.56 Å². The van der Waals surface area contributed by atoms with Crippen molar-refractivity contribution in [1.82, 2.24) is 0 Å². The van der Waals surface area contributed by atoms with E-state index in [-0.39, 0.29) is 0 Å². The largest absolute Gasteiger partial charge is 0.298 e. The Morgan fingerprint density at radius 1 is 1.50 bits per heavy atom. The van der Waals surface area contributed by atoms with Crippen LogP contribution in [-0.4, -0.2) is 14.1 Å². The van der Waals surface area contributed by atoms with Gasteiger partial charge in [-0.25, -0.2) is 0 Å². The maximum absolute atomic E-state index is 10.3. The first kappa shape index (κ1) is 7.07. The van der Waals surface area contributed by atoms with E-state index in [1.54, 1.807) is 12.1 Å². The van der Waals surface area contributed by atoms with E-state index >= 15 is 0 Å². The first-order chi connectivity index (χ1) is 4.74. The second-order valence-corrected chi connectivity index (χ2v) is 2.23. The molecule has 1 aromatic rings. The van der Waals surface area contributed by atoms with E-state index < -0.39 is 0 Å². The Morgan fingerprint density at radius 3 is 2.70 bits per heavy atom. The summed E-state index contributed by atoms with van der Waals surface area (Å²) in [7, 11) is 5.44. The second kappa shape index (κ2) is 2.69. The molecule has 0 amide bonds. The monoisotopic (exact) mass is 130 g/mol. The van der Waals surface area contributed by atoms with Crippen LogP contribution in [0.2, 0.25) is 0 Å². The molecule has 0 heterocycles. The predicted octanol–water partition coefficient (Wildman–Crippen LogP) is 0.601. The third-order valence-corrected chi connectivity index (χ3v) is 1.43. The number of hydrogen-bond donors (Lipinski definition) is 0. The number of aldehydes is 1. The Labute approximate surface area is 61.5 Å². The molecule has 10 heavy (non-hydrogen) atoms. The molecular formula is C8H7BO. The summed E-state index contributed by atoms with van der Waals surface area (Å²) in [5, 5.41) is 0. The first-order valence-electron chi connectivity index (χ1n) is 3.05. The summed E-state index contributed by atoms with van der Waals surface area (Å²) >= 11 is 0. The molecule has 0 aliphatic rings. The van der Waals surface area contributed by atoms with Gasteiger partial charge in [-0.3, -0.25) is 4.79 Å². The van der Waals surface area contributed by atoms with Crippen LogP contribution in [0.3, 0.4) is 0 Å². The molecule has 0 saturated heterocycles. The molecular weight excluding hydrogens is 123 g/mol. The Balaban J connectivity index is 3.21. The van der Waals surface area contributed by atoms with Gasteiger partial charge in [0.05, 0.1) is 0 Å². The molecule has 2 heteroatoms. The SMILES string of the molecule is [B]c1ccc(C)c(C=O)c1. The topological polar surface area (TPSA) is 17.1 Å². The van der Waals surface area contributed by atoms with E-state index in [9.17, 15) is 4.79 Å². The van der Waals surface area contributed by atoms with Gasteiger partial charge in [0.25, 0.3) is 0 Å². The van der Waals surface area contributed by atoms with E-state index in [4.69, 9.17) is 7.85 Å². The van der Waals surface area contributed by atoms with Crippen LogP contribution in [0.4, 0.5) is 0 Å². The van der Waals surface area contributed by atoms with Crippen LogP contribution in [0.1, 0.15) is 15.9 Å². The van der Waals surface area contributed by atoms with Crippen molar-refractivity contribution in [2.24, 2.45) is 0 Å². The summed E-state index contributed by atoms with van der Waals surface area (Å²) in [6.45, 7) is 1.88. The zero-order valence-corrected chi connectivity index (χ0v) is 5.79. The van der Waals surface area contributed by atoms with Gasteiger partial charge < -0.3 is 0 Å². The van der Waals surface area contributed by atoms with Crippen LogP contribution < -0.4 is 5.46 Å². The predicted molar refractivity (Wildman–Crippen MR) is 42.0 cm³/mol. The van der Waals surface area contributed by atoms with Crippen molar-refractivity contribution >= 4 is 19.6 Å². The minimum absolute atomic E-state index is 0.632. The average Bonchev–Trinajstić information content (AvgIpc) is 1.94. The second-order valence-electron chi connectivity index (χ2n) is 2.23. The summed E-state index contributed by atoms with van der Waals surface area (Å²) in [5.74, 6) is 0. The number of hydrogen-bond acceptors (Lipinski definition) is 1. The van der Waals surface area contributed by atoms with Crippen LogP contribution in [-0.2, 0) is 0 Å². The van der Waals surface area contributed by atoms with Gasteiger partial charge in [-0.2, -0.15) is 0 Å². The minimum Gasteiger partial charge on any atom is -0.298 e. The first-order valence-corrected chi connectivity index (χ1v) is 3.05. The van der Waals surface area contributed by atoms with Gasteiger partial charge in [-0.1, -0.05) is 23.7 Å². The Morgan fingerprint density at radius 2 is 2.20 bits per heavy atom.